The van der Waals surface area contributed by atoms with Crippen LogP contribution in [0.3, 0.4) is 0 Å². The highest BCUT2D eigenvalue weighted by molar-refractivity contribution is 5.83. The lowest BCUT2D eigenvalue weighted by atomic mass is 10.0. The van der Waals surface area contributed by atoms with Crippen LogP contribution in [0.5, 0.6) is 5.75 Å². The molecule has 0 saturated carbocycles. The van der Waals surface area contributed by atoms with Gasteiger partial charge in [0.15, 0.2) is 0 Å². The molecule has 0 radical (unpaired) electrons. The number of hydrogen-bond acceptors (Lipinski definition) is 3. The van der Waals surface area contributed by atoms with Crippen molar-refractivity contribution >= 4 is 21.7 Å². The van der Waals surface area contributed by atoms with Gasteiger partial charge < -0.3 is 9.15 Å². The first-order valence-corrected chi connectivity index (χ1v) is 11.8. The topological polar surface area (TPSA) is 25.6 Å². The van der Waals surface area contributed by atoms with E-state index in [9.17, 15) is 0 Å². The summed E-state index contributed by atoms with van der Waals surface area (Å²) >= 11 is 0. The van der Waals surface area contributed by atoms with E-state index in [0.717, 1.165) is 60.5 Å². The molecule has 0 amide bonds. The highest BCUT2D eigenvalue weighted by atomic mass is 16.5. The van der Waals surface area contributed by atoms with E-state index in [1.807, 2.05) is 18.2 Å². The van der Waals surface area contributed by atoms with Gasteiger partial charge in [-0.2, -0.15) is 0 Å². The molecular weight excluding hydrogens is 406 g/mol. The molecule has 3 heteroatoms. The first kappa shape index (κ1) is 20.1. The summed E-state index contributed by atoms with van der Waals surface area (Å²) < 4.78 is 12.3. The molecule has 0 atom stereocenters. The third kappa shape index (κ3) is 4.37. The molecule has 0 N–H and O–H groups in total. The van der Waals surface area contributed by atoms with Crippen molar-refractivity contribution in [2.45, 2.75) is 25.5 Å². The molecule has 33 heavy (non-hydrogen) atoms. The Morgan fingerprint density at radius 1 is 0.727 bits per heavy atom. The zero-order chi connectivity index (χ0) is 22.0. The van der Waals surface area contributed by atoms with Crippen LogP contribution < -0.4 is 4.74 Å². The van der Waals surface area contributed by atoms with Gasteiger partial charge in [0.2, 0.25) is 0 Å². The molecule has 6 rings (SSSR count). The summed E-state index contributed by atoms with van der Waals surface area (Å²) in [6.07, 6.45) is 2.38. The summed E-state index contributed by atoms with van der Waals surface area (Å²) in [4.78, 5) is 2.54. The molecule has 5 aromatic rings. The molecule has 1 fully saturated rings. The normalized spacial score (nSPS) is 15.3. The quantitative estimate of drug-likeness (QED) is 0.291. The Labute approximate surface area is 194 Å². The molecule has 164 valence electrons. The Hall–Kier alpha value is -3.56. The van der Waals surface area contributed by atoms with Gasteiger partial charge in [0, 0.05) is 30.6 Å². The summed E-state index contributed by atoms with van der Waals surface area (Å²) in [7, 11) is 0. The van der Waals surface area contributed by atoms with Crippen molar-refractivity contribution in [1.29, 1.82) is 0 Å². The maximum Gasteiger partial charge on any atom is 0.135 e. The van der Waals surface area contributed by atoms with Gasteiger partial charge in [0.05, 0.1) is 0 Å². The molecule has 0 unspecified atom stereocenters. The molecule has 3 nitrogen and oxygen atoms in total. The highest BCUT2D eigenvalue weighted by Crippen LogP contribution is 2.29. The zero-order valence-electron chi connectivity index (χ0n) is 18.6. The second-order valence-corrected chi connectivity index (χ2v) is 8.95. The molecule has 4 aromatic carbocycles. The van der Waals surface area contributed by atoms with Crippen molar-refractivity contribution in [2.24, 2.45) is 0 Å². The third-order valence-corrected chi connectivity index (χ3v) is 6.62. The van der Waals surface area contributed by atoms with Crippen LogP contribution in [0, 0.1) is 0 Å². The number of para-hydroxylation sites is 1. The number of furan rings is 1. The largest absolute Gasteiger partial charge is 0.490 e. The van der Waals surface area contributed by atoms with Gasteiger partial charge in [-0.15, -0.1) is 0 Å². The summed E-state index contributed by atoms with van der Waals surface area (Å²) in [5.41, 5.74) is 3.38. The molecule has 0 bridgehead atoms. The van der Waals surface area contributed by atoms with Crippen molar-refractivity contribution in [3.8, 4) is 17.1 Å². The molecule has 2 heterocycles. The van der Waals surface area contributed by atoms with Crippen LogP contribution in [0.15, 0.2) is 101 Å². The first-order chi connectivity index (χ1) is 16.3. The summed E-state index contributed by atoms with van der Waals surface area (Å²) in [6.45, 7) is 3.13. The molecule has 1 aromatic heterocycles. The number of hydrogen-bond donors (Lipinski definition) is 0. The monoisotopic (exact) mass is 433 g/mol. The summed E-state index contributed by atoms with van der Waals surface area (Å²) in [5.74, 6) is 1.83. The minimum atomic E-state index is 0.273. The van der Waals surface area contributed by atoms with Crippen molar-refractivity contribution in [3.63, 3.8) is 0 Å². The number of nitrogens with zero attached hydrogens (tertiary/aromatic N) is 1. The molecule has 1 aliphatic rings. The standard InChI is InChI=1S/C30H27NO2/c1-2-6-25-19-22(9-10-23(25)5-1)21-31-17-15-28(16-18-31)32-27-13-11-24(12-14-27)30-20-26-7-3-4-8-29(26)33-30/h1-14,19-20,28H,15-18,21H2. The number of ether oxygens (including phenoxy) is 1. The molecular formula is C30H27NO2. The van der Waals surface area contributed by atoms with Crippen molar-refractivity contribution in [1.82, 2.24) is 4.90 Å². The Morgan fingerprint density at radius 2 is 1.45 bits per heavy atom. The molecule has 0 spiro atoms. The van der Waals surface area contributed by atoms with Gasteiger partial charge in [0.1, 0.15) is 23.2 Å². The Kier molecular flexibility index (Phi) is 5.33. The Balaban J connectivity index is 1.05. The SMILES string of the molecule is c1ccc2cc(CN3CCC(Oc4ccc(-c5cc6ccccc6o5)cc4)CC3)ccc2c1. The molecule has 1 saturated heterocycles. The van der Waals surface area contributed by atoms with Crippen LogP contribution >= 0.6 is 0 Å². The van der Waals surface area contributed by atoms with Crippen LogP contribution in [-0.2, 0) is 6.54 Å². The van der Waals surface area contributed by atoms with Gasteiger partial charge in [-0.3, -0.25) is 4.90 Å². The van der Waals surface area contributed by atoms with E-state index in [1.165, 1.54) is 16.3 Å². The van der Waals surface area contributed by atoms with Crippen molar-refractivity contribution in [2.75, 3.05) is 13.1 Å². The van der Waals surface area contributed by atoms with Gasteiger partial charge in [-0.25, -0.2) is 0 Å². The van der Waals surface area contributed by atoms with E-state index >= 15 is 0 Å². The number of rotatable bonds is 5. The second-order valence-electron chi connectivity index (χ2n) is 8.95. The predicted octanol–water partition coefficient (Wildman–Crippen LogP) is 7.30. The predicted molar refractivity (Wildman–Crippen MR) is 135 cm³/mol. The van der Waals surface area contributed by atoms with Gasteiger partial charge >= 0.3 is 0 Å². The number of piperidine rings is 1. The van der Waals surface area contributed by atoms with E-state index in [1.54, 1.807) is 0 Å². The molecule has 0 aliphatic carbocycles. The fourth-order valence-corrected chi connectivity index (χ4v) is 4.79. The lowest BCUT2D eigenvalue weighted by molar-refractivity contribution is 0.0968. The Bertz CT molecular complexity index is 1340. The minimum Gasteiger partial charge on any atom is -0.490 e. The van der Waals surface area contributed by atoms with Crippen LogP contribution in [0.1, 0.15) is 18.4 Å². The second kappa shape index (κ2) is 8.76. The van der Waals surface area contributed by atoms with Crippen LogP contribution in [-0.4, -0.2) is 24.1 Å². The highest BCUT2D eigenvalue weighted by Gasteiger charge is 2.21. The van der Waals surface area contributed by atoms with Crippen molar-refractivity contribution in [3.05, 3.63) is 103 Å². The van der Waals surface area contributed by atoms with Gasteiger partial charge in [-0.05, 0) is 71.6 Å². The van der Waals surface area contributed by atoms with E-state index in [0.29, 0.717) is 0 Å². The van der Waals surface area contributed by atoms with Crippen LogP contribution in [0.2, 0.25) is 0 Å². The van der Waals surface area contributed by atoms with Crippen molar-refractivity contribution < 1.29 is 9.15 Å². The number of benzene rings is 4. The minimum absolute atomic E-state index is 0.273. The number of likely N-dealkylation sites (tertiary alicyclic amines) is 1. The lowest BCUT2D eigenvalue weighted by Gasteiger charge is -2.32. The fourth-order valence-electron chi connectivity index (χ4n) is 4.79. The maximum absolute atomic E-state index is 6.30. The number of fused-ring (bicyclic) bond motifs is 2. The third-order valence-electron chi connectivity index (χ3n) is 6.62. The van der Waals surface area contributed by atoms with Gasteiger partial charge in [0.25, 0.3) is 0 Å². The lowest BCUT2D eigenvalue weighted by Crippen LogP contribution is -2.37. The summed E-state index contributed by atoms with van der Waals surface area (Å²) in [5, 5.41) is 3.75. The van der Waals surface area contributed by atoms with E-state index < -0.39 is 0 Å². The molecule has 1 aliphatic heterocycles. The van der Waals surface area contributed by atoms with Gasteiger partial charge in [-0.1, -0.05) is 54.6 Å². The maximum atomic E-state index is 6.30. The smallest absolute Gasteiger partial charge is 0.135 e. The average molecular weight is 434 g/mol. The van der Waals surface area contributed by atoms with Crippen LogP contribution in [0.25, 0.3) is 33.1 Å². The first-order valence-electron chi connectivity index (χ1n) is 11.8. The Morgan fingerprint density at radius 3 is 2.24 bits per heavy atom. The van der Waals surface area contributed by atoms with E-state index in [4.69, 9.17) is 9.15 Å². The summed E-state index contributed by atoms with van der Waals surface area (Å²) in [6, 6.07) is 33.9. The van der Waals surface area contributed by atoms with E-state index in [2.05, 4.69) is 83.8 Å². The fraction of sp³-hybridized carbons (Fsp3) is 0.200. The van der Waals surface area contributed by atoms with E-state index in [-0.39, 0.29) is 6.10 Å². The van der Waals surface area contributed by atoms with Crippen LogP contribution in [0.4, 0.5) is 0 Å². The zero-order valence-corrected chi connectivity index (χ0v) is 18.6. The average Bonchev–Trinajstić information content (AvgIpc) is 3.30.